The van der Waals surface area contributed by atoms with Gasteiger partial charge in [0.05, 0.1) is 22.1 Å². The lowest BCUT2D eigenvalue weighted by Crippen LogP contribution is -1.95. The van der Waals surface area contributed by atoms with E-state index in [2.05, 4.69) is 140 Å². The fraction of sp³-hybridized carbons (Fsp3) is 0. The molecule has 0 saturated carbocycles. The molecule has 0 unspecified atom stereocenters. The summed E-state index contributed by atoms with van der Waals surface area (Å²) in [6.45, 7) is 0. The zero-order valence-corrected chi connectivity index (χ0v) is 19.3. The standard InChI is InChI=1S/C30H19BrN2/c31-24-19-27-29(23-16-8-9-17-25(23)32(27)20-11-3-1-4-12-20)30-28(24)22-15-7-10-18-26(22)33(30)21-13-5-2-6-14-21/h1-19H. The number of aromatic nitrogens is 2. The number of rotatable bonds is 2. The predicted octanol–water partition coefficient (Wildman–Crippen LogP) is 8.64. The van der Waals surface area contributed by atoms with Crippen LogP contribution in [0.25, 0.3) is 55.0 Å². The molecule has 0 aliphatic carbocycles. The number of fused-ring (bicyclic) bond motifs is 7. The summed E-state index contributed by atoms with van der Waals surface area (Å²) in [5.41, 5.74) is 7.18. The van der Waals surface area contributed by atoms with Gasteiger partial charge in [0.2, 0.25) is 0 Å². The van der Waals surface area contributed by atoms with Gasteiger partial charge in [-0.25, -0.2) is 0 Å². The van der Waals surface area contributed by atoms with Gasteiger partial charge in [-0.1, -0.05) is 72.8 Å². The minimum atomic E-state index is 1.11. The summed E-state index contributed by atoms with van der Waals surface area (Å²) in [7, 11) is 0. The van der Waals surface area contributed by atoms with E-state index in [1.54, 1.807) is 0 Å². The van der Waals surface area contributed by atoms with Crippen molar-refractivity contribution in [2.24, 2.45) is 0 Å². The van der Waals surface area contributed by atoms with Crippen molar-refractivity contribution in [3.05, 3.63) is 120 Å². The first-order valence-electron chi connectivity index (χ1n) is 11.1. The highest BCUT2D eigenvalue weighted by atomic mass is 79.9. The molecule has 0 saturated heterocycles. The van der Waals surface area contributed by atoms with Crippen LogP contribution >= 0.6 is 15.9 Å². The van der Waals surface area contributed by atoms with E-state index < -0.39 is 0 Å². The van der Waals surface area contributed by atoms with Crippen LogP contribution in [0.5, 0.6) is 0 Å². The summed E-state index contributed by atoms with van der Waals surface area (Å²) in [4.78, 5) is 0. The monoisotopic (exact) mass is 486 g/mol. The highest BCUT2D eigenvalue weighted by Crippen LogP contribution is 2.44. The van der Waals surface area contributed by atoms with E-state index >= 15 is 0 Å². The molecule has 0 fully saturated rings. The Morgan fingerprint density at radius 2 is 0.939 bits per heavy atom. The Labute approximate surface area is 199 Å². The van der Waals surface area contributed by atoms with Crippen LogP contribution < -0.4 is 0 Å². The Morgan fingerprint density at radius 1 is 0.455 bits per heavy atom. The maximum absolute atomic E-state index is 3.96. The van der Waals surface area contributed by atoms with Gasteiger partial charge in [0.25, 0.3) is 0 Å². The second-order valence-corrected chi connectivity index (χ2v) is 9.21. The zero-order valence-electron chi connectivity index (χ0n) is 17.7. The smallest absolute Gasteiger partial charge is 0.0652 e. The fourth-order valence-corrected chi connectivity index (χ4v) is 5.87. The summed E-state index contributed by atoms with van der Waals surface area (Å²) in [5, 5.41) is 5.03. The largest absolute Gasteiger partial charge is 0.309 e. The lowest BCUT2D eigenvalue weighted by atomic mass is 10.1. The maximum Gasteiger partial charge on any atom is 0.0652 e. The average molecular weight is 487 g/mol. The number of halogens is 1. The van der Waals surface area contributed by atoms with Crippen LogP contribution in [0.3, 0.4) is 0 Å². The number of hydrogen-bond acceptors (Lipinski definition) is 0. The normalized spacial score (nSPS) is 11.8. The van der Waals surface area contributed by atoms with Gasteiger partial charge in [-0.05, 0) is 58.4 Å². The van der Waals surface area contributed by atoms with Crippen molar-refractivity contribution in [2.75, 3.05) is 0 Å². The summed E-state index contributed by atoms with van der Waals surface area (Å²) in [6.07, 6.45) is 0. The molecule has 33 heavy (non-hydrogen) atoms. The van der Waals surface area contributed by atoms with E-state index in [0.717, 1.165) is 10.2 Å². The van der Waals surface area contributed by atoms with Crippen LogP contribution in [0.15, 0.2) is 120 Å². The summed E-state index contributed by atoms with van der Waals surface area (Å²) >= 11 is 3.96. The third-order valence-electron chi connectivity index (χ3n) is 6.55. The van der Waals surface area contributed by atoms with Crippen molar-refractivity contribution in [1.82, 2.24) is 9.13 Å². The Balaban J connectivity index is 1.81. The van der Waals surface area contributed by atoms with Crippen molar-refractivity contribution in [3.8, 4) is 11.4 Å². The molecule has 3 heteroatoms. The van der Waals surface area contributed by atoms with Gasteiger partial charge < -0.3 is 9.13 Å². The minimum absolute atomic E-state index is 1.11. The molecule has 0 N–H and O–H groups in total. The van der Waals surface area contributed by atoms with Gasteiger partial charge in [0.1, 0.15) is 0 Å². The van der Waals surface area contributed by atoms with Crippen LogP contribution in [0, 0.1) is 0 Å². The first-order chi connectivity index (χ1) is 16.3. The predicted molar refractivity (Wildman–Crippen MR) is 143 cm³/mol. The van der Waals surface area contributed by atoms with Gasteiger partial charge in [-0.3, -0.25) is 0 Å². The molecular formula is C30H19BrN2. The molecule has 0 radical (unpaired) electrons. The number of para-hydroxylation sites is 4. The van der Waals surface area contributed by atoms with Crippen molar-refractivity contribution < 1.29 is 0 Å². The minimum Gasteiger partial charge on any atom is -0.309 e. The first-order valence-corrected chi connectivity index (χ1v) is 11.9. The SMILES string of the molecule is Brc1cc2c(c3ccccc3n2-c2ccccc2)c2c1c1ccccc1n2-c1ccccc1. The molecule has 5 aromatic carbocycles. The molecule has 7 aromatic rings. The van der Waals surface area contributed by atoms with E-state index in [0.29, 0.717) is 0 Å². The molecule has 0 amide bonds. The van der Waals surface area contributed by atoms with Crippen LogP contribution in [-0.2, 0) is 0 Å². The van der Waals surface area contributed by atoms with Crippen LogP contribution in [0.1, 0.15) is 0 Å². The molecule has 0 aliphatic heterocycles. The van der Waals surface area contributed by atoms with Gasteiger partial charge in [-0.2, -0.15) is 0 Å². The van der Waals surface area contributed by atoms with E-state index in [1.165, 1.54) is 49.3 Å². The number of benzene rings is 5. The van der Waals surface area contributed by atoms with Gasteiger partial charge in [-0.15, -0.1) is 0 Å². The van der Waals surface area contributed by atoms with Crippen LogP contribution in [0.2, 0.25) is 0 Å². The second-order valence-electron chi connectivity index (χ2n) is 8.35. The number of hydrogen-bond donors (Lipinski definition) is 0. The third-order valence-corrected chi connectivity index (χ3v) is 7.18. The molecular weight excluding hydrogens is 468 g/mol. The molecule has 0 aliphatic rings. The Hall–Kier alpha value is -3.82. The van der Waals surface area contributed by atoms with E-state index in [1.807, 2.05) is 0 Å². The molecule has 0 bridgehead atoms. The quantitative estimate of drug-likeness (QED) is 0.231. The van der Waals surface area contributed by atoms with Gasteiger partial charge in [0, 0.05) is 37.4 Å². The topological polar surface area (TPSA) is 9.86 Å². The van der Waals surface area contributed by atoms with Crippen LogP contribution in [-0.4, -0.2) is 9.13 Å². The van der Waals surface area contributed by atoms with Crippen LogP contribution in [0.4, 0.5) is 0 Å². The highest BCUT2D eigenvalue weighted by molar-refractivity contribution is 9.10. The lowest BCUT2D eigenvalue weighted by Gasteiger charge is -2.10. The molecule has 2 aromatic heterocycles. The summed E-state index contributed by atoms with van der Waals surface area (Å²) in [6, 6.07) is 41.0. The molecule has 2 heterocycles. The van der Waals surface area contributed by atoms with E-state index in [-0.39, 0.29) is 0 Å². The molecule has 0 atom stereocenters. The number of nitrogens with zero attached hydrogens (tertiary/aromatic N) is 2. The fourth-order valence-electron chi connectivity index (χ4n) is 5.26. The molecule has 2 nitrogen and oxygen atoms in total. The summed E-state index contributed by atoms with van der Waals surface area (Å²) in [5.74, 6) is 0. The summed E-state index contributed by atoms with van der Waals surface area (Å²) < 4.78 is 5.90. The molecule has 7 rings (SSSR count). The zero-order chi connectivity index (χ0) is 21.9. The van der Waals surface area contributed by atoms with Crippen molar-refractivity contribution in [3.63, 3.8) is 0 Å². The van der Waals surface area contributed by atoms with Gasteiger partial charge >= 0.3 is 0 Å². The van der Waals surface area contributed by atoms with Crippen molar-refractivity contribution in [1.29, 1.82) is 0 Å². The Kier molecular flexibility index (Phi) is 4.02. The van der Waals surface area contributed by atoms with E-state index in [4.69, 9.17) is 0 Å². The maximum atomic E-state index is 3.96. The highest BCUT2D eigenvalue weighted by Gasteiger charge is 2.22. The first kappa shape index (κ1) is 18.7. The molecule has 156 valence electrons. The second kappa shape index (κ2) is 7.09. The average Bonchev–Trinajstić information content (AvgIpc) is 3.38. The van der Waals surface area contributed by atoms with E-state index in [9.17, 15) is 0 Å². The lowest BCUT2D eigenvalue weighted by molar-refractivity contribution is 1.17. The van der Waals surface area contributed by atoms with Crippen molar-refractivity contribution >= 4 is 59.5 Å². The third kappa shape index (κ3) is 2.60. The van der Waals surface area contributed by atoms with Gasteiger partial charge in [0.15, 0.2) is 0 Å². The van der Waals surface area contributed by atoms with Crippen molar-refractivity contribution in [2.45, 2.75) is 0 Å². The molecule has 0 spiro atoms. The Bertz CT molecular complexity index is 1810. The Morgan fingerprint density at radius 3 is 1.58 bits per heavy atom.